The summed E-state index contributed by atoms with van der Waals surface area (Å²) in [7, 11) is 0. The summed E-state index contributed by atoms with van der Waals surface area (Å²) in [6.07, 6.45) is 6.52. The molecule has 4 nitrogen and oxygen atoms in total. The first-order chi connectivity index (χ1) is 10.6. The van der Waals surface area contributed by atoms with E-state index in [1.807, 2.05) is 13.3 Å². The molecule has 4 rings (SSSR count). The maximum Gasteiger partial charge on any atom is 0.0901 e. The molecule has 1 saturated heterocycles. The Morgan fingerprint density at radius 3 is 2.86 bits per heavy atom. The lowest BCUT2D eigenvalue weighted by Gasteiger charge is -2.40. The molecule has 3 aliphatic rings. The summed E-state index contributed by atoms with van der Waals surface area (Å²) in [6.45, 7) is 6.73. The van der Waals surface area contributed by atoms with Crippen molar-refractivity contribution >= 4 is 17.7 Å². The van der Waals surface area contributed by atoms with E-state index in [0.717, 1.165) is 32.5 Å². The number of nitrogens with zero attached hydrogens (tertiary/aromatic N) is 3. The number of hydrogen-bond acceptors (Lipinski definition) is 4. The second kappa shape index (κ2) is 4.98. The zero-order valence-corrected chi connectivity index (χ0v) is 13.5. The van der Waals surface area contributed by atoms with Gasteiger partial charge in [0.15, 0.2) is 0 Å². The highest BCUT2D eigenvalue weighted by molar-refractivity contribution is 5.88. The van der Waals surface area contributed by atoms with Gasteiger partial charge in [-0.1, -0.05) is 6.07 Å². The molecule has 1 aromatic carbocycles. The summed E-state index contributed by atoms with van der Waals surface area (Å²) in [5, 5.41) is 10.4. The third-order valence-electron chi connectivity index (χ3n) is 5.17. The quantitative estimate of drug-likeness (QED) is 0.912. The molecule has 22 heavy (non-hydrogen) atoms. The highest BCUT2D eigenvalue weighted by Crippen LogP contribution is 2.41. The van der Waals surface area contributed by atoms with Gasteiger partial charge in [-0.2, -0.15) is 0 Å². The second-order valence-electron chi connectivity index (χ2n) is 7.33. The fraction of sp³-hybridized carbons (Fsp3) is 0.611. The standard InChI is InChI=1S/C18H25N3O/c1-13-16(20-9-3-8-18(2,22)11-20)7-4-14-10-19-12-21(17(13)14)15-5-6-15/h4,7,12,15,22H,3,5-6,8-11H2,1-2H3. The van der Waals surface area contributed by atoms with Crippen LogP contribution in [0.2, 0.25) is 0 Å². The number of fused-ring (bicyclic) bond motifs is 1. The van der Waals surface area contributed by atoms with Gasteiger partial charge in [-0.15, -0.1) is 0 Å². The van der Waals surface area contributed by atoms with Crippen LogP contribution in [0.3, 0.4) is 0 Å². The van der Waals surface area contributed by atoms with Crippen molar-refractivity contribution < 1.29 is 5.11 Å². The lowest BCUT2D eigenvalue weighted by Crippen LogP contribution is -2.46. The SMILES string of the molecule is Cc1c(N2CCCC(C)(O)C2)ccc2c1N(C1CC1)C=NC2. The number of aliphatic imine (C=N–C) groups is 1. The largest absolute Gasteiger partial charge is 0.388 e. The fourth-order valence-electron chi connectivity index (χ4n) is 3.92. The fourth-order valence-corrected chi connectivity index (χ4v) is 3.92. The van der Waals surface area contributed by atoms with Crippen molar-refractivity contribution in [1.29, 1.82) is 0 Å². The van der Waals surface area contributed by atoms with E-state index in [2.05, 4.69) is 33.8 Å². The molecule has 1 aliphatic carbocycles. The number of hydrogen-bond donors (Lipinski definition) is 1. The van der Waals surface area contributed by atoms with Crippen LogP contribution >= 0.6 is 0 Å². The predicted octanol–water partition coefficient (Wildman–Crippen LogP) is 2.86. The summed E-state index contributed by atoms with van der Waals surface area (Å²) in [5.74, 6) is 0. The maximum absolute atomic E-state index is 10.4. The smallest absolute Gasteiger partial charge is 0.0901 e. The van der Waals surface area contributed by atoms with Crippen molar-refractivity contribution in [1.82, 2.24) is 0 Å². The highest BCUT2D eigenvalue weighted by atomic mass is 16.3. The monoisotopic (exact) mass is 299 g/mol. The molecule has 0 amide bonds. The Morgan fingerprint density at radius 2 is 2.14 bits per heavy atom. The lowest BCUT2D eigenvalue weighted by molar-refractivity contribution is 0.0449. The van der Waals surface area contributed by atoms with Gasteiger partial charge in [-0.3, -0.25) is 4.99 Å². The molecule has 0 radical (unpaired) electrons. The third kappa shape index (κ3) is 2.39. The molecule has 0 spiro atoms. The zero-order chi connectivity index (χ0) is 15.3. The van der Waals surface area contributed by atoms with Crippen LogP contribution in [0.1, 0.15) is 43.7 Å². The molecule has 1 atom stereocenters. The van der Waals surface area contributed by atoms with Crippen molar-refractivity contribution in [2.45, 2.75) is 57.7 Å². The summed E-state index contributed by atoms with van der Waals surface area (Å²) in [6, 6.07) is 5.09. The molecule has 2 aliphatic heterocycles. The Labute approximate surface area is 132 Å². The minimum absolute atomic E-state index is 0.571. The van der Waals surface area contributed by atoms with Crippen LogP contribution in [0.25, 0.3) is 0 Å². The second-order valence-corrected chi connectivity index (χ2v) is 7.33. The van der Waals surface area contributed by atoms with Crippen molar-refractivity contribution in [2.75, 3.05) is 22.9 Å². The minimum atomic E-state index is -0.571. The number of aliphatic hydroxyl groups is 1. The summed E-state index contributed by atoms with van der Waals surface area (Å²) in [5.41, 5.74) is 4.74. The molecule has 1 saturated carbocycles. The molecular formula is C18H25N3O. The highest BCUT2D eigenvalue weighted by Gasteiger charge is 2.34. The number of rotatable bonds is 2. The van der Waals surface area contributed by atoms with E-state index in [9.17, 15) is 5.11 Å². The normalized spacial score (nSPS) is 28.0. The van der Waals surface area contributed by atoms with Crippen LogP contribution in [0.4, 0.5) is 11.4 Å². The van der Waals surface area contributed by atoms with E-state index >= 15 is 0 Å². The summed E-state index contributed by atoms with van der Waals surface area (Å²) in [4.78, 5) is 9.25. The Balaban J connectivity index is 1.71. The average Bonchev–Trinajstić information content (AvgIpc) is 3.30. The van der Waals surface area contributed by atoms with E-state index in [1.54, 1.807) is 0 Å². The van der Waals surface area contributed by atoms with E-state index in [-0.39, 0.29) is 0 Å². The Kier molecular flexibility index (Phi) is 3.19. The predicted molar refractivity (Wildman–Crippen MR) is 90.9 cm³/mol. The topological polar surface area (TPSA) is 39.1 Å². The van der Waals surface area contributed by atoms with Crippen molar-refractivity contribution in [3.63, 3.8) is 0 Å². The maximum atomic E-state index is 10.4. The number of benzene rings is 1. The number of piperidine rings is 1. The van der Waals surface area contributed by atoms with E-state index < -0.39 is 5.60 Å². The van der Waals surface area contributed by atoms with Crippen LogP contribution in [0, 0.1) is 6.92 Å². The first-order valence-corrected chi connectivity index (χ1v) is 8.43. The van der Waals surface area contributed by atoms with Crippen LogP contribution < -0.4 is 9.80 Å². The molecular weight excluding hydrogens is 274 g/mol. The van der Waals surface area contributed by atoms with Gasteiger partial charge < -0.3 is 14.9 Å². The Hall–Kier alpha value is -1.55. The van der Waals surface area contributed by atoms with Gasteiger partial charge in [0.05, 0.1) is 24.2 Å². The number of β-amino-alcohol motifs (C(OH)–C–C–N with tert-alkyl or cyclic N) is 1. The first-order valence-electron chi connectivity index (χ1n) is 8.43. The van der Waals surface area contributed by atoms with Crippen molar-refractivity contribution in [2.24, 2.45) is 4.99 Å². The third-order valence-corrected chi connectivity index (χ3v) is 5.17. The van der Waals surface area contributed by atoms with Crippen molar-refractivity contribution in [3.8, 4) is 0 Å². The Morgan fingerprint density at radius 1 is 1.32 bits per heavy atom. The molecule has 2 fully saturated rings. The van der Waals surface area contributed by atoms with Gasteiger partial charge in [-0.25, -0.2) is 0 Å². The Bertz CT molecular complexity index is 619. The average molecular weight is 299 g/mol. The summed E-state index contributed by atoms with van der Waals surface area (Å²) >= 11 is 0. The molecule has 4 heteroatoms. The van der Waals surface area contributed by atoms with Gasteiger partial charge in [0.2, 0.25) is 0 Å². The van der Waals surface area contributed by atoms with Crippen LogP contribution in [0.15, 0.2) is 17.1 Å². The van der Waals surface area contributed by atoms with Gasteiger partial charge >= 0.3 is 0 Å². The van der Waals surface area contributed by atoms with E-state index in [1.165, 1.54) is 35.3 Å². The minimum Gasteiger partial charge on any atom is -0.388 e. The molecule has 0 bridgehead atoms. The van der Waals surface area contributed by atoms with E-state index in [0.29, 0.717) is 6.04 Å². The van der Waals surface area contributed by atoms with Gasteiger partial charge in [0.1, 0.15) is 0 Å². The van der Waals surface area contributed by atoms with Crippen LogP contribution in [-0.2, 0) is 6.54 Å². The molecule has 0 aromatic heterocycles. The molecule has 1 N–H and O–H groups in total. The summed E-state index contributed by atoms with van der Waals surface area (Å²) < 4.78 is 0. The van der Waals surface area contributed by atoms with Gasteiger partial charge in [0.25, 0.3) is 0 Å². The lowest BCUT2D eigenvalue weighted by atomic mass is 9.93. The van der Waals surface area contributed by atoms with Crippen LogP contribution in [0.5, 0.6) is 0 Å². The molecule has 1 aromatic rings. The molecule has 118 valence electrons. The number of anilines is 2. The zero-order valence-electron chi connectivity index (χ0n) is 13.5. The van der Waals surface area contributed by atoms with Gasteiger partial charge in [-0.05, 0) is 56.7 Å². The van der Waals surface area contributed by atoms with E-state index in [4.69, 9.17) is 0 Å². The molecule has 2 heterocycles. The first kappa shape index (κ1) is 14.1. The molecule has 1 unspecified atom stereocenters. The van der Waals surface area contributed by atoms with Crippen LogP contribution in [-0.4, -0.2) is 36.2 Å². The van der Waals surface area contributed by atoms with Gasteiger partial charge in [0, 0.05) is 24.8 Å². The van der Waals surface area contributed by atoms with Crippen molar-refractivity contribution in [3.05, 3.63) is 23.3 Å².